The van der Waals surface area contributed by atoms with Gasteiger partial charge in [-0.2, -0.15) is 12.7 Å². The van der Waals surface area contributed by atoms with E-state index in [4.69, 9.17) is 4.74 Å². The number of rotatable bonds is 9. The van der Waals surface area contributed by atoms with E-state index in [-0.39, 0.29) is 18.1 Å². The van der Waals surface area contributed by atoms with Gasteiger partial charge < -0.3 is 10.1 Å². The highest BCUT2D eigenvalue weighted by Crippen LogP contribution is 2.25. The van der Waals surface area contributed by atoms with Gasteiger partial charge in [-0.3, -0.25) is 9.10 Å². The summed E-state index contributed by atoms with van der Waals surface area (Å²) in [5.74, 6) is -0.237. The summed E-state index contributed by atoms with van der Waals surface area (Å²) in [4.78, 5) is 12.6. The van der Waals surface area contributed by atoms with Crippen LogP contribution in [0, 0.1) is 5.82 Å². The first-order chi connectivity index (χ1) is 15.7. The van der Waals surface area contributed by atoms with Crippen molar-refractivity contribution in [1.29, 1.82) is 0 Å². The molecule has 0 fully saturated rings. The minimum absolute atomic E-state index is 0.0523. The van der Waals surface area contributed by atoms with Crippen molar-refractivity contribution in [2.45, 2.75) is 13.5 Å². The largest absolute Gasteiger partial charge is 0.494 e. The number of ether oxygens (including phenoxy) is 1. The molecule has 0 saturated carbocycles. The molecule has 0 saturated heterocycles. The minimum atomic E-state index is -3.95. The molecule has 0 heterocycles. The summed E-state index contributed by atoms with van der Waals surface area (Å²) in [7, 11) is -1.18. The predicted octanol–water partition coefficient (Wildman–Crippen LogP) is 4.29. The maximum atomic E-state index is 14.4. The van der Waals surface area contributed by atoms with Gasteiger partial charge in [0.05, 0.1) is 18.8 Å². The van der Waals surface area contributed by atoms with Gasteiger partial charge in [0.2, 0.25) is 0 Å². The van der Waals surface area contributed by atoms with Crippen molar-refractivity contribution in [3.8, 4) is 5.75 Å². The van der Waals surface area contributed by atoms with Gasteiger partial charge in [0.15, 0.2) is 0 Å². The van der Waals surface area contributed by atoms with Gasteiger partial charge in [-0.25, -0.2) is 4.39 Å². The van der Waals surface area contributed by atoms with Crippen molar-refractivity contribution in [1.82, 2.24) is 4.31 Å². The molecule has 0 aliphatic rings. The molecule has 1 amide bonds. The molecule has 0 spiro atoms. The Morgan fingerprint density at radius 1 is 0.970 bits per heavy atom. The Hall–Kier alpha value is -3.43. The third-order valence-electron chi connectivity index (χ3n) is 4.83. The van der Waals surface area contributed by atoms with Gasteiger partial charge in [0.25, 0.3) is 5.91 Å². The van der Waals surface area contributed by atoms with E-state index in [0.29, 0.717) is 29.2 Å². The van der Waals surface area contributed by atoms with Crippen LogP contribution < -0.4 is 14.4 Å². The van der Waals surface area contributed by atoms with Crippen LogP contribution in [0.3, 0.4) is 0 Å². The second kappa shape index (κ2) is 10.5. The number of benzene rings is 3. The van der Waals surface area contributed by atoms with E-state index in [1.54, 1.807) is 54.6 Å². The summed E-state index contributed by atoms with van der Waals surface area (Å²) in [6.07, 6.45) is 0. The van der Waals surface area contributed by atoms with Crippen molar-refractivity contribution in [3.05, 3.63) is 89.7 Å². The van der Waals surface area contributed by atoms with E-state index in [1.807, 2.05) is 6.92 Å². The molecule has 3 rings (SSSR count). The molecule has 0 unspecified atom stereocenters. The van der Waals surface area contributed by atoms with Crippen LogP contribution in [0.5, 0.6) is 5.75 Å². The van der Waals surface area contributed by atoms with E-state index >= 15 is 0 Å². The molecule has 3 aromatic carbocycles. The number of hydrogen-bond acceptors (Lipinski definition) is 4. The van der Waals surface area contributed by atoms with Crippen LogP contribution in [0.15, 0.2) is 72.8 Å². The number of amides is 1. The molecule has 3 aromatic rings. The van der Waals surface area contributed by atoms with Crippen LogP contribution in [-0.4, -0.2) is 39.3 Å². The Labute approximate surface area is 193 Å². The number of para-hydroxylation sites is 1. The normalized spacial score (nSPS) is 11.3. The molecule has 33 heavy (non-hydrogen) atoms. The van der Waals surface area contributed by atoms with Crippen molar-refractivity contribution in [3.63, 3.8) is 0 Å². The van der Waals surface area contributed by atoms with Gasteiger partial charge in [0.1, 0.15) is 11.6 Å². The summed E-state index contributed by atoms with van der Waals surface area (Å²) in [5, 5.41) is 2.80. The van der Waals surface area contributed by atoms with Crippen molar-refractivity contribution >= 4 is 27.5 Å². The third kappa shape index (κ3) is 5.88. The van der Waals surface area contributed by atoms with Crippen molar-refractivity contribution in [2.75, 3.05) is 30.3 Å². The lowest BCUT2D eigenvalue weighted by atomic mass is 10.1. The Morgan fingerprint density at radius 3 is 2.18 bits per heavy atom. The highest BCUT2D eigenvalue weighted by atomic mass is 32.2. The lowest BCUT2D eigenvalue weighted by Gasteiger charge is -2.27. The third-order valence-corrected chi connectivity index (χ3v) is 6.63. The van der Waals surface area contributed by atoms with E-state index in [9.17, 15) is 17.6 Å². The first kappa shape index (κ1) is 24.2. The van der Waals surface area contributed by atoms with E-state index < -0.39 is 16.0 Å². The number of carbonyl (C=O) groups is 1. The molecule has 7 nitrogen and oxygen atoms in total. The Bertz CT molecular complexity index is 1200. The molecule has 0 aliphatic heterocycles. The Morgan fingerprint density at radius 2 is 1.61 bits per heavy atom. The fourth-order valence-electron chi connectivity index (χ4n) is 3.07. The zero-order chi connectivity index (χ0) is 24.0. The lowest BCUT2D eigenvalue weighted by Crippen LogP contribution is -2.40. The van der Waals surface area contributed by atoms with Crippen LogP contribution in [-0.2, 0) is 16.8 Å². The quantitative estimate of drug-likeness (QED) is 0.505. The summed E-state index contributed by atoms with van der Waals surface area (Å²) >= 11 is 0. The standard InChI is InChI=1S/C24H26FN3O4S/c1-4-32-21-15-13-20(14-16-21)26-24(29)19-11-9-18(10-12-19)17-28(33(30,31)27(2)3)23-8-6-5-7-22(23)25/h5-16H,4,17H2,1-3H3,(H,26,29). The van der Waals surface area contributed by atoms with Crippen molar-refractivity contribution < 1.29 is 22.3 Å². The minimum Gasteiger partial charge on any atom is -0.494 e. The maximum absolute atomic E-state index is 14.4. The van der Waals surface area contributed by atoms with Crippen LogP contribution in [0.25, 0.3) is 0 Å². The number of carbonyl (C=O) groups excluding carboxylic acids is 1. The molecular formula is C24H26FN3O4S. The highest BCUT2D eigenvalue weighted by Gasteiger charge is 2.27. The first-order valence-electron chi connectivity index (χ1n) is 10.3. The molecule has 1 N–H and O–H groups in total. The molecule has 0 aliphatic carbocycles. The first-order valence-corrected chi connectivity index (χ1v) is 11.7. The number of anilines is 2. The summed E-state index contributed by atoms with van der Waals surface area (Å²) < 4.78 is 47.5. The zero-order valence-electron chi connectivity index (χ0n) is 18.7. The van der Waals surface area contributed by atoms with Gasteiger partial charge in [-0.1, -0.05) is 24.3 Å². The molecule has 0 aromatic heterocycles. The summed E-state index contributed by atoms with van der Waals surface area (Å²) in [6, 6.07) is 19.2. The monoisotopic (exact) mass is 471 g/mol. The second-order valence-corrected chi connectivity index (χ2v) is 9.42. The van der Waals surface area contributed by atoms with E-state index in [2.05, 4.69) is 5.32 Å². The number of halogens is 1. The summed E-state index contributed by atoms with van der Waals surface area (Å²) in [6.45, 7) is 2.36. The average Bonchev–Trinajstić information content (AvgIpc) is 2.80. The fraction of sp³-hybridized carbons (Fsp3) is 0.208. The van der Waals surface area contributed by atoms with Crippen molar-refractivity contribution in [2.24, 2.45) is 0 Å². The molecule has 0 radical (unpaired) electrons. The van der Waals surface area contributed by atoms with Crippen LogP contribution in [0.4, 0.5) is 15.8 Å². The van der Waals surface area contributed by atoms with Crippen LogP contribution >= 0.6 is 0 Å². The van der Waals surface area contributed by atoms with Crippen LogP contribution in [0.1, 0.15) is 22.8 Å². The van der Waals surface area contributed by atoms with Gasteiger partial charge in [-0.05, 0) is 61.0 Å². The van der Waals surface area contributed by atoms with Crippen LogP contribution in [0.2, 0.25) is 0 Å². The molecular weight excluding hydrogens is 445 g/mol. The molecule has 0 atom stereocenters. The number of nitrogens with one attached hydrogen (secondary N) is 1. The topological polar surface area (TPSA) is 79.0 Å². The highest BCUT2D eigenvalue weighted by molar-refractivity contribution is 7.90. The fourth-order valence-corrected chi connectivity index (χ4v) is 4.18. The summed E-state index contributed by atoms with van der Waals surface area (Å²) in [5.41, 5.74) is 1.57. The van der Waals surface area contributed by atoms with E-state index in [0.717, 1.165) is 8.61 Å². The van der Waals surface area contributed by atoms with E-state index in [1.165, 1.54) is 32.3 Å². The SMILES string of the molecule is CCOc1ccc(NC(=O)c2ccc(CN(c3ccccc3F)S(=O)(=O)N(C)C)cc2)cc1. The predicted molar refractivity (Wildman–Crippen MR) is 127 cm³/mol. The molecule has 0 bridgehead atoms. The maximum Gasteiger partial charge on any atom is 0.303 e. The molecule has 9 heteroatoms. The lowest BCUT2D eigenvalue weighted by molar-refractivity contribution is 0.102. The van der Waals surface area contributed by atoms with Gasteiger partial charge in [0, 0.05) is 25.3 Å². The Kier molecular flexibility index (Phi) is 7.67. The second-order valence-electron chi connectivity index (χ2n) is 7.36. The number of nitrogens with zero attached hydrogens (tertiary/aromatic N) is 2. The molecule has 174 valence electrons. The zero-order valence-corrected chi connectivity index (χ0v) is 19.5. The van der Waals surface area contributed by atoms with Gasteiger partial charge in [-0.15, -0.1) is 0 Å². The Balaban J connectivity index is 1.77. The smallest absolute Gasteiger partial charge is 0.303 e. The average molecular weight is 472 g/mol. The van der Waals surface area contributed by atoms with Gasteiger partial charge >= 0.3 is 10.2 Å². The number of hydrogen-bond donors (Lipinski definition) is 1.